The summed E-state index contributed by atoms with van der Waals surface area (Å²) in [5.74, 6) is -0.147. The van der Waals surface area contributed by atoms with Crippen molar-refractivity contribution in [3.63, 3.8) is 0 Å². The van der Waals surface area contributed by atoms with E-state index >= 15 is 0 Å². The molecule has 0 atom stereocenters. The van der Waals surface area contributed by atoms with Gasteiger partial charge in [-0.15, -0.1) is 0 Å². The van der Waals surface area contributed by atoms with Gasteiger partial charge in [0.1, 0.15) is 12.0 Å². The van der Waals surface area contributed by atoms with Gasteiger partial charge in [-0.2, -0.15) is 0 Å². The minimum atomic E-state index is -0.147. The maximum atomic E-state index is 11.7. The zero-order valence-corrected chi connectivity index (χ0v) is 9.96. The molecular formula is C11H17N5O. The molecule has 1 aliphatic rings. The summed E-state index contributed by atoms with van der Waals surface area (Å²) in [6, 6.07) is 1.61. The van der Waals surface area contributed by atoms with Crippen molar-refractivity contribution >= 4 is 5.91 Å². The normalized spacial score (nSPS) is 17.9. The average molecular weight is 235 g/mol. The molecular weight excluding hydrogens is 218 g/mol. The molecule has 6 heteroatoms. The number of piperazine rings is 1. The van der Waals surface area contributed by atoms with Gasteiger partial charge in [0.2, 0.25) is 0 Å². The Balaban J connectivity index is 1.77. The molecule has 1 saturated heterocycles. The first-order valence-electron chi connectivity index (χ1n) is 5.71. The molecule has 0 spiro atoms. The second kappa shape index (κ2) is 5.70. The van der Waals surface area contributed by atoms with Crippen molar-refractivity contribution in [3.05, 3.63) is 24.3 Å². The van der Waals surface area contributed by atoms with Gasteiger partial charge in [0.15, 0.2) is 0 Å². The number of carbonyl (C=O) groups excluding carboxylic acids is 1. The quantitative estimate of drug-likeness (QED) is 0.759. The summed E-state index contributed by atoms with van der Waals surface area (Å²) in [5.41, 5.74) is 0.411. The van der Waals surface area contributed by atoms with E-state index in [0.717, 1.165) is 26.2 Å². The van der Waals surface area contributed by atoms with Crippen LogP contribution in [0.25, 0.3) is 0 Å². The van der Waals surface area contributed by atoms with Crippen molar-refractivity contribution < 1.29 is 4.79 Å². The van der Waals surface area contributed by atoms with Gasteiger partial charge in [0.05, 0.1) is 6.67 Å². The van der Waals surface area contributed by atoms with Crippen molar-refractivity contribution in [1.29, 1.82) is 0 Å². The highest BCUT2D eigenvalue weighted by atomic mass is 16.2. The minimum absolute atomic E-state index is 0.147. The molecule has 1 aliphatic heterocycles. The molecule has 2 rings (SSSR count). The Kier molecular flexibility index (Phi) is 4.00. The van der Waals surface area contributed by atoms with Crippen LogP contribution in [-0.2, 0) is 0 Å². The van der Waals surface area contributed by atoms with Crippen LogP contribution in [0.1, 0.15) is 10.5 Å². The molecule has 0 aromatic carbocycles. The molecule has 1 aromatic rings. The van der Waals surface area contributed by atoms with Crippen LogP contribution in [0.5, 0.6) is 0 Å². The number of hydrogen-bond acceptors (Lipinski definition) is 5. The lowest BCUT2D eigenvalue weighted by atomic mass is 10.3. The maximum Gasteiger partial charge on any atom is 0.271 e. The first kappa shape index (κ1) is 11.9. The van der Waals surface area contributed by atoms with Crippen molar-refractivity contribution in [3.8, 4) is 0 Å². The lowest BCUT2D eigenvalue weighted by Gasteiger charge is -2.32. The number of hydrogen-bond donors (Lipinski definition) is 1. The highest BCUT2D eigenvalue weighted by molar-refractivity contribution is 5.91. The largest absolute Gasteiger partial charge is 0.338 e. The minimum Gasteiger partial charge on any atom is -0.338 e. The Labute approximate surface area is 101 Å². The first-order valence-corrected chi connectivity index (χ1v) is 5.71. The van der Waals surface area contributed by atoms with E-state index < -0.39 is 0 Å². The third kappa shape index (κ3) is 3.47. The van der Waals surface area contributed by atoms with E-state index in [2.05, 4.69) is 32.1 Å². The Hall–Kier alpha value is -1.53. The Morgan fingerprint density at radius 2 is 2.18 bits per heavy atom. The van der Waals surface area contributed by atoms with Gasteiger partial charge < -0.3 is 10.2 Å². The summed E-state index contributed by atoms with van der Waals surface area (Å²) in [6.45, 7) is 4.64. The average Bonchev–Trinajstić information content (AvgIpc) is 2.39. The smallest absolute Gasteiger partial charge is 0.271 e. The summed E-state index contributed by atoms with van der Waals surface area (Å²) >= 11 is 0. The number of nitrogens with zero attached hydrogens (tertiary/aromatic N) is 4. The Morgan fingerprint density at radius 1 is 1.41 bits per heavy atom. The van der Waals surface area contributed by atoms with Crippen LogP contribution < -0.4 is 5.32 Å². The van der Waals surface area contributed by atoms with Crippen LogP contribution in [-0.4, -0.2) is 65.6 Å². The Morgan fingerprint density at radius 3 is 2.82 bits per heavy atom. The van der Waals surface area contributed by atoms with Gasteiger partial charge in [-0.3, -0.25) is 9.69 Å². The molecule has 0 bridgehead atoms. The van der Waals surface area contributed by atoms with E-state index in [9.17, 15) is 4.79 Å². The van der Waals surface area contributed by atoms with E-state index in [4.69, 9.17) is 0 Å². The monoisotopic (exact) mass is 235 g/mol. The fraction of sp³-hybridized carbons (Fsp3) is 0.545. The van der Waals surface area contributed by atoms with Gasteiger partial charge in [0, 0.05) is 32.4 Å². The van der Waals surface area contributed by atoms with Crippen LogP contribution in [0, 0.1) is 0 Å². The molecule has 0 aliphatic carbocycles. The van der Waals surface area contributed by atoms with Gasteiger partial charge in [-0.25, -0.2) is 9.97 Å². The van der Waals surface area contributed by atoms with Gasteiger partial charge in [-0.1, -0.05) is 0 Å². The van der Waals surface area contributed by atoms with Crippen LogP contribution >= 0.6 is 0 Å². The molecule has 1 amide bonds. The predicted molar refractivity (Wildman–Crippen MR) is 63.4 cm³/mol. The number of carbonyl (C=O) groups is 1. The number of nitrogens with one attached hydrogen (secondary N) is 1. The van der Waals surface area contributed by atoms with Crippen LogP contribution in [0.3, 0.4) is 0 Å². The summed E-state index contributed by atoms with van der Waals surface area (Å²) in [4.78, 5) is 23.9. The number of amides is 1. The SMILES string of the molecule is CN1CCN(CNC(=O)c2ccncn2)CC1. The molecule has 2 heterocycles. The summed E-state index contributed by atoms with van der Waals surface area (Å²) in [6.07, 6.45) is 2.95. The first-order chi connectivity index (χ1) is 8.25. The topological polar surface area (TPSA) is 61.4 Å². The van der Waals surface area contributed by atoms with Crippen LogP contribution in [0.15, 0.2) is 18.6 Å². The molecule has 0 unspecified atom stereocenters. The van der Waals surface area contributed by atoms with Gasteiger partial charge >= 0.3 is 0 Å². The van der Waals surface area contributed by atoms with E-state index in [1.165, 1.54) is 6.33 Å². The third-order valence-electron chi connectivity index (χ3n) is 2.87. The van der Waals surface area contributed by atoms with Crippen LogP contribution in [0.4, 0.5) is 0 Å². The summed E-state index contributed by atoms with van der Waals surface area (Å²) in [5, 5.41) is 2.86. The fourth-order valence-electron chi connectivity index (χ4n) is 1.71. The zero-order chi connectivity index (χ0) is 12.1. The lowest BCUT2D eigenvalue weighted by molar-refractivity contribution is 0.0885. The summed E-state index contributed by atoms with van der Waals surface area (Å²) < 4.78 is 0. The standard InChI is InChI=1S/C11H17N5O/c1-15-4-6-16(7-5-15)9-14-11(17)10-2-3-12-8-13-10/h2-3,8H,4-7,9H2,1H3,(H,14,17). The second-order valence-electron chi connectivity index (χ2n) is 4.18. The van der Waals surface area contributed by atoms with E-state index in [0.29, 0.717) is 12.4 Å². The molecule has 1 fully saturated rings. The second-order valence-corrected chi connectivity index (χ2v) is 4.18. The lowest BCUT2D eigenvalue weighted by Crippen LogP contribution is -2.48. The van der Waals surface area contributed by atoms with Crippen molar-refractivity contribution in [2.75, 3.05) is 39.9 Å². The fourth-order valence-corrected chi connectivity index (χ4v) is 1.71. The van der Waals surface area contributed by atoms with E-state index in [1.54, 1.807) is 12.3 Å². The van der Waals surface area contributed by atoms with E-state index in [-0.39, 0.29) is 5.91 Å². The number of aromatic nitrogens is 2. The summed E-state index contributed by atoms with van der Waals surface area (Å²) in [7, 11) is 2.11. The predicted octanol–water partition coefficient (Wildman–Crippen LogP) is -0.589. The Bertz CT molecular complexity index is 361. The van der Waals surface area contributed by atoms with Gasteiger partial charge in [0.25, 0.3) is 5.91 Å². The maximum absolute atomic E-state index is 11.7. The molecule has 92 valence electrons. The zero-order valence-electron chi connectivity index (χ0n) is 9.96. The molecule has 17 heavy (non-hydrogen) atoms. The molecule has 0 saturated carbocycles. The van der Waals surface area contributed by atoms with Crippen LogP contribution in [0.2, 0.25) is 0 Å². The van der Waals surface area contributed by atoms with Crippen molar-refractivity contribution in [2.24, 2.45) is 0 Å². The molecule has 0 radical (unpaired) electrons. The third-order valence-corrected chi connectivity index (χ3v) is 2.87. The number of rotatable bonds is 3. The molecule has 6 nitrogen and oxygen atoms in total. The number of likely N-dealkylation sites (N-methyl/N-ethyl adjacent to an activating group) is 1. The highest BCUT2D eigenvalue weighted by Gasteiger charge is 2.14. The molecule has 1 aromatic heterocycles. The highest BCUT2D eigenvalue weighted by Crippen LogP contribution is 1.97. The van der Waals surface area contributed by atoms with Crippen molar-refractivity contribution in [1.82, 2.24) is 25.1 Å². The molecule has 1 N–H and O–H groups in total. The van der Waals surface area contributed by atoms with E-state index in [1.807, 2.05) is 0 Å². The van der Waals surface area contributed by atoms with Gasteiger partial charge in [-0.05, 0) is 13.1 Å². The van der Waals surface area contributed by atoms with Crippen molar-refractivity contribution in [2.45, 2.75) is 0 Å².